The second-order valence-electron chi connectivity index (χ2n) is 6.94. The van der Waals surface area contributed by atoms with Gasteiger partial charge in [-0.2, -0.15) is 0 Å². The van der Waals surface area contributed by atoms with E-state index >= 15 is 0 Å². The third kappa shape index (κ3) is 3.89. The van der Waals surface area contributed by atoms with E-state index < -0.39 is 25.4 Å². The Morgan fingerprint density at radius 2 is 1.44 bits per heavy atom. The van der Waals surface area contributed by atoms with Crippen LogP contribution in [0.25, 0.3) is 0 Å². The normalized spacial score (nSPS) is 17.4. The molecule has 0 saturated heterocycles. The first-order chi connectivity index (χ1) is 11.9. The molecule has 5 heteroatoms. The quantitative estimate of drug-likeness (QED) is 0.498. The molecule has 0 heterocycles. The SMILES string of the molecule is Fc1ccccc1[PH](CC(F)(F)F)(c1ccccc1)C1CCCCC1. The van der Waals surface area contributed by atoms with Crippen molar-refractivity contribution in [1.82, 2.24) is 0 Å². The van der Waals surface area contributed by atoms with Gasteiger partial charge in [0.05, 0.1) is 0 Å². The molecule has 0 amide bonds. The van der Waals surface area contributed by atoms with Crippen molar-refractivity contribution in [2.75, 3.05) is 6.16 Å². The van der Waals surface area contributed by atoms with E-state index in [2.05, 4.69) is 0 Å². The van der Waals surface area contributed by atoms with Crippen LogP contribution < -0.4 is 10.6 Å². The Kier molecular flexibility index (Phi) is 5.48. The Morgan fingerprint density at radius 1 is 0.840 bits per heavy atom. The molecular formula is C20H23F4P. The van der Waals surface area contributed by atoms with Crippen LogP contribution in [-0.4, -0.2) is 18.0 Å². The van der Waals surface area contributed by atoms with E-state index in [4.69, 9.17) is 0 Å². The summed E-state index contributed by atoms with van der Waals surface area (Å²) >= 11 is 0. The van der Waals surface area contributed by atoms with Gasteiger partial charge in [-0.05, 0) is 0 Å². The minimum absolute atomic E-state index is 0.0813. The van der Waals surface area contributed by atoms with Crippen LogP contribution in [0.15, 0.2) is 54.6 Å². The number of hydrogen-bond acceptors (Lipinski definition) is 0. The molecule has 0 atom stereocenters. The van der Waals surface area contributed by atoms with Gasteiger partial charge in [0.15, 0.2) is 0 Å². The number of rotatable bonds is 4. The van der Waals surface area contributed by atoms with E-state index in [0.29, 0.717) is 10.6 Å². The van der Waals surface area contributed by atoms with E-state index in [1.165, 1.54) is 6.07 Å². The van der Waals surface area contributed by atoms with Crippen LogP contribution in [-0.2, 0) is 0 Å². The molecule has 0 radical (unpaired) electrons. The molecule has 0 unspecified atom stereocenters. The summed E-state index contributed by atoms with van der Waals surface area (Å²) < 4.78 is 55.9. The molecule has 0 bridgehead atoms. The molecule has 25 heavy (non-hydrogen) atoms. The summed E-state index contributed by atoms with van der Waals surface area (Å²) in [5, 5.41) is 1.01. The third-order valence-electron chi connectivity index (χ3n) is 5.42. The number of halogens is 4. The van der Waals surface area contributed by atoms with Crippen molar-refractivity contribution in [3.63, 3.8) is 0 Å². The maximum absolute atomic E-state index is 14.8. The summed E-state index contributed by atoms with van der Waals surface area (Å²) in [7, 11) is -3.33. The zero-order chi connectivity index (χ0) is 17.9. The monoisotopic (exact) mass is 370 g/mol. The zero-order valence-electron chi connectivity index (χ0n) is 14.0. The summed E-state index contributed by atoms with van der Waals surface area (Å²) in [6.45, 7) is 0. The first kappa shape index (κ1) is 18.4. The second kappa shape index (κ2) is 7.45. The van der Waals surface area contributed by atoms with Gasteiger partial charge in [-0.3, -0.25) is 0 Å². The van der Waals surface area contributed by atoms with Gasteiger partial charge in [-0.15, -0.1) is 0 Å². The van der Waals surface area contributed by atoms with Gasteiger partial charge in [0.1, 0.15) is 0 Å². The van der Waals surface area contributed by atoms with Gasteiger partial charge < -0.3 is 0 Å². The van der Waals surface area contributed by atoms with E-state index in [1.54, 1.807) is 48.5 Å². The molecule has 2 aromatic rings. The van der Waals surface area contributed by atoms with Gasteiger partial charge in [-0.25, -0.2) is 0 Å². The van der Waals surface area contributed by atoms with Gasteiger partial charge in [0, 0.05) is 0 Å². The van der Waals surface area contributed by atoms with Gasteiger partial charge in [-0.1, -0.05) is 0 Å². The van der Waals surface area contributed by atoms with Crippen molar-refractivity contribution in [1.29, 1.82) is 0 Å². The molecule has 1 aliphatic rings. The van der Waals surface area contributed by atoms with Crippen LogP contribution >= 0.6 is 7.26 Å². The molecule has 0 aromatic heterocycles. The molecule has 136 valence electrons. The van der Waals surface area contributed by atoms with Crippen LogP contribution in [0.2, 0.25) is 0 Å². The fourth-order valence-corrected chi connectivity index (χ4v) is 10.0. The van der Waals surface area contributed by atoms with Gasteiger partial charge >= 0.3 is 146 Å². The molecule has 0 nitrogen and oxygen atoms in total. The molecule has 0 N–H and O–H groups in total. The van der Waals surface area contributed by atoms with Crippen molar-refractivity contribution < 1.29 is 17.6 Å². The summed E-state index contributed by atoms with van der Waals surface area (Å²) in [6.07, 6.45) is -0.787. The molecule has 1 saturated carbocycles. The summed E-state index contributed by atoms with van der Waals surface area (Å²) in [4.78, 5) is 0. The maximum atomic E-state index is 14.8. The molecule has 1 fully saturated rings. The number of alkyl halides is 3. The Bertz CT molecular complexity index is 692. The van der Waals surface area contributed by atoms with Gasteiger partial charge in [0.2, 0.25) is 0 Å². The van der Waals surface area contributed by atoms with Crippen LogP contribution in [0.4, 0.5) is 17.6 Å². The summed E-state index contributed by atoms with van der Waals surface area (Å²) in [5.41, 5.74) is -0.0813. The van der Waals surface area contributed by atoms with Crippen LogP contribution in [0.3, 0.4) is 0 Å². The van der Waals surface area contributed by atoms with E-state index in [9.17, 15) is 17.6 Å². The van der Waals surface area contributed by atoms with Crippen molar-refractivity contribution in [2.24, 2.45) is 0 Å². The average Bonchev–Trinajstić information content (AvgIpc) is 2.61. The van der Waals surface area contributed by atoms with E-state index in [0.717, 1.165) is 32.1 Å². The van der Waals surface area contributed by atoms with Crippen molar-refractivity contribution in [2.45, 2.75) is 43.9 Å². The van der Waals surface area contributed by atoms with Crippen molar-refractivity contribution >= 4 is 17.9 Å². The van der Waals surface area contributed by atoms with Crippen molar-refractivity contribution in [3.05, 3.63) is 60.4 Å². The number of hydrogen-bond donors (Lipinski definition) is 0. The minimum atomic E-state index is -4.32. The molecular weight excluding hydrogens is 347 g/mol. The predicted molar refractivity (Wildman–Crippen MR) is 98.2 cm³/mol. The molecule has 0 aliphatic heterocycles. The topological polar surface area (TPSA) is 0 Å². The third-order valence-corrected chi connectivity index (χ3v) is 11.1. The fraction of sp³-hybridized carbons (Fsp3) is 0.400. The zero-order valence-corrected chi connectivity index (χ0v) is 15.0. The van der Waals surface area contributed by atoms with Gasteiger partial charge in [0.25, 0.3) is 0 Å². The van der Waals surface area contributed by atoms with Crippen LogP contribution in [0, 0.1) is 5.82 Å². The fourth-order valence-electron chi connectivity index (χ4n) is 4.42. The van der Waals surface area contributed by atoms with E-state index in [1.807, 2.05) is 0 Å². The molecule has 0 spiro atoms. The summed E-state index contributed by atoms with van der Waals surface area (Å²) in [5.74, 6) is -0.493. The predicted octanol–water partition coefficient (Wildman–Crippen LogP) is 5.42. The number of benzene rings is 2. The van der Waals surface area contributed by atoms with Crippen LogP contribution in [0.5, 0.6) is 0 Å². The first-order valence-corrected chi connectivity index (χ1v) is 11.1. The Morgan fingerprint density at radius 3 is 2.04 bits per heavy atom. The van der Waals surface area contributed by atoms with E-state index in [-0.39, 0.29) is 5.66 Å². The molecule has 1 aliphatic carbocycles. The Balaban J connectivity index is 2.25. The Hall–Kier alpha value is -1.41. The Labute approximate surface area is 146 Å². The second-order valence-corrected chi connectivity index (χ2v) is 11.2. The van der Waals surface area contributed by atoms with Crippen LogP contribution in [0.1, 0.15) is 32.1 Å². The summed E-state index contributed by atoms with van der Waals surface area (Å²) in [6, 6.07) is 15.0. The average molecular weight is 370 g/mol. The first-order valence-electron chi connectivity index (χ1n) is 8.81. The standard InChI is InChI=1S/C20H23F4P/c21-18-13-7-8-14-19(18)25(15-20(22,23)24,16-9-3-1-4-10-16)17-11-5-2-6-12-17/h1,3-4,7-10,13-14,17,25H,2,5-6,11-12,15H2. The molecule has 2 aromatic carbocycles. The van der Waals surface area contributed by atoms with Crippen molar-refractivity contribution in [3.8, 4) is 0 Å². The molecule has 3 rings (SSSR count).